The van der Waals surface area contributed by atoms with E-state index in [0.717, 1.165) is 78.5 Å². The molecule has 8 aromatic carbocycles. The summed E-state index contributed by atoms with van der Waals surface area (Å²) in [6, 6.07) is 77.9. The molecule has 0 radical (unpaired) electrons. The predicted molar refractivity (Wildman–Crippen MR) is 246 cm³/mol. The Morgan fingerprint density at radius 2 is 0.847 bits per heavy atom. The number of aromatic nitrogens is 3. The molecule has 11 rings (SSSR count). The zero-order chi connectivity index (χ0) is 39.1. The highest BCUT2D eigenvalue weighted by Gasteiger charge is 2.18. The molecule has 0 unspecified atom stereocenters. The van der Waals surface area contributed by atoms with Gasteiger partial charge in [-0.3, -0.25) is 4.40 Å². The smallest absolute Gasteiger partial charge is 0.137 e. The summed E-state index contributed by atoms with van der Waals surface area (Å²) in [5.74, 6) is 0. The van der Waals surface area contributed by atoms with Crippen LogP contribution in [0.3, 0.4) is 0 Å². The van der Waals surface area contributed by atoms with Crippen LogP contribution in [0.4, 0.5) is 0 Å². The fourth-order valence-electron chi connectivity index (χ4n) is 8.54. The molecular weight excluding hydrogens is 715 g/mol. The number of hydrogen-bond acceptors (Lipinski definition) is 2. The normalized spacial score (nSPS) is 11.4. The quantitative estimate of drug-likeness (QED) is 0.152. The van der Waals surface area contributed by atoms with Gasteiger partial charge in [0.05, 0.1) is 22.8 Å². The van der Waals surface area contributed by atoms with Crippen LogP contribution in [0.1, 0.15) is 0 Å². The first-order chi connectivity index (χ1) is 29.2. The van der Waals surface area contributed by atoms with Crippen molar-refractivity contribution < 1.29 is 0 Å². The van der Waals surface area contributed by atoms with E-state index < -0.39 is 0 Å². The van der Waals surface area contributed by atoms with E-state index >= 15 is 0 Å². The van der Waals surface area contributed by atoms with Gasteiger partial charge in [-0.25, -0.2) is 9.97 Å². The maximum Gasteiger partial charge on any atom is 0.137 e. The molecule has 3 heterocycles. The lowest BCUT2D eigenvalue weighted by molar-refractivity contribution is 1.19. The van der Waals surface area contributed by atoms with Crippen LogP contribution in [0.2, 0.25) is 0 Å². The summed E-state index contributed by atoms with van der Waals surface area (Å²) in [5.41, 5.74) is 15.9. The van der Waals surface area contributed by atoms with Crippen molar-refractivity contribution in [3.63, 3.8) is 0 Å². The minimum Gasteiger partial charge on any atom is -0.299 e. The zero-order valence-corrected chi connectivity index (χ0v) is 32.2. The molecule has 0 saturated carbocycles. The van der Waals surface area contributed by atoms with Gasteiger partial charge in [0.1, 0.15) is 5.65 Å². The fraction of sp³-hybridized carbons (Fsp3) is 0. The first-order valence-corrected chi connectivity index (χ1v) is 20.1. The van der Waals surface area contributed by atoms with Crippen LogP contribution < -0.4 is 0 Å². The van der Waals surface area contributed by atoms with E-state index in [9.17, 15) is 0 Å². The number of hydrogen-bond donors (Lipinski definition) is 0. The van der Waals surface area contributed by atoms with Crippen molar-refractivity contribution >= 4 is 27.2 Å². The molecule has 0 aliphatic rings. The summed E-state index contributed by atoms with van der Waals surface area (Å²) in [5, 5.41) is 4.93. The van der Waals surface area contributed by atoms with Gasteiger partial charge < -0.3 is 0 Å². The second kappa shape index (κ2) is 14.6. The van der Waals surface area contributed by atoms with E-state index in [1.165, 1.54) is 27.1 Å². The highest BCUT2D eigenvalue weighted by molar-refractivity contribution is 6.14. The molecule has 0 spiro atoms. The minimum atomic E-state index is 0.915. The van der Waals surface area contributed by atoms with Crippen LogP contribution in [0.5, 0.6) is 0 Å². The van der Waals surface area contributed by atoms with E-state index in [1.54, 1.807) is 0 Å². The second-order valence-electron chi connectivity index (χ2n) is 15.0. The molecule has 3 nitrogen and oxygen atoms in total. The molecule has 0 bridgehead atoms. The van der Waals surface area contributed by atoms with Gasteiger partial charge in [-0.15, -0.1) is 0 Å². The van der Waals surface area contributed by atoms with Crippen LogP contribution in [0.15, 0.2) is 225 Å². The van der Waals surface area contributed by atoms with Gasteiger partial charge >= 0.3 is 0 Å². The maximum absolute atomic E-state index is 5.41. The number of benzene rings is 8. The standard InChI is InChI=1S/C56H37N3/c1-4-17-38(18-5-1)45-36-52(39-19-6-2-7-20-39)57-53(37-45)47-33-44(32-46(34-47)51-35-42-23-10-11-26-48(42)49-27-12-13-28-50(49)51)41-24-16-25-43(31-41)56-55(40-21-8-3-9-22-40)58-54-29-14-15-30-59(54)56/h1-37H. The van der Waals surface area contributed by atoms with Crippen molar-refractivity contribution in [2.24, 2.45) is 0 Å². The molecule has 0 amide bonds. The third kappa shape index (κ3) is 6.36. The Morgan fingerprint density at radius 3 is 1.63 bits per heavy atom. The number of rotatable bonds is 7. The summed E-state index contributed by atoms with van der Waals surface area (Å²) in [7, 11) is 0. The monoisotopic (exact) mass is 751 g/mol. The Kier molecular flexibility index (Phi) is 8.49. The summed E-state index contributed by atoms with van der Waals surface area (Å²) < 4.78 is 2.20. The average Bonchev–Trinajstić information content (AvgIpc) is 3.72. The first-order valence-electron chi connectivity index (χ1n) is 20.1. The summed E-state index contributed by atoms with van der Waals surface area (Å²) in [4.78, 5) is 10.6. The Balaban J connectivity index is 1.16. The molecule has 0 atom stereocenters. The maximum atomic E-state index is 5.41. The summed E-state index contributed by atoms with van der Waals surface area (Å²) in [6.07, 6.45) is 2.11. The largest absolute Gasteiger partial charge is 0.299 e. The van der Waals surface area contributed by atoms with Crippen LogP contribution in [0.25, 0.3) is 106 Å². The molecule has 0 aliphatic carbocycles. The Bertz CT molecular complexity index is 3250. The van der Waals surface area contributed by atoms with Crippen LogP contribution >= 0.6 is 0 Å². The van der Waals surface area contributed by atoms with Crippen LogP contribution in [-0.2, 0) is 0 Å². The topological polar surface area (TPSA) is 30.2 Å². The number of fused-ring (bicyclic) bond motifs is 4. The van der Waals surface area contributed by atoms with Crippen LogP contribution in [-0.4, -0.2) is 14.4 Å². The van der Waals surface area contributed by atoms with Crippen molar-refractivity contribution in [2.45, 2.75) is 0 Å². The van der Waals surface area contributed by atoms with Crippen molar-refractivity contribution in [3.8, 4) is 78.4 Å². The molecule has 0 N–H and O–H groups in total. The second-order valence-corrected chi connectivity index (χ2v) is 15.0. The van der Waals surface area contributed by atoms with Gasteiger partial charge in [-0.2, -0.15) is 0 Å². The molecule has 0 aliphatic heterocycles. The molecule has 0 saturated heterocycles. The molecular formula is C56H37N3. The number of imidazole rings is 1. The van der Waals surface area contributed by atoms with Crippen molar-refractivity contribution in [3.05, 3.63) is 225 Å². The third-order valence-corrected chi connectivity index (χ3v) is 11.4. The van der Waals surface area contributed by atoms with E-state index in [-0.39, 0.29) is 0 Å². The van der Waals surface area contributed by atoms with Crippen molar-refractivity contribution in [1.82, 2.24) is 14.4 Å². The fourth-order valence-corrected chi connectivity index (χ4v) is 8.54. The highest BCUT2D eigenvalue weighted by atomic mass is 15.0. The van der Waals surface area contributed by atoms with Gasteiger partial charge in [0.2, 0.25) is 0 Å². The highest BCUT2D eigenvalue weighted by Crippen LogP contribution is 2.41. The van der Waals surface area contributed by atoms with E-state index in [1.807, 2.05) is 6.07 Å². The Morgan fingerprint density at radius 1 is 0.305 bits per heavy atom. The number of nitrogens with zero attached hydrogens (tertiary/aromatic N) is 3. The molecule has 59 heavy (non-hydrogen) atoms. The Hall–Kier alpha value is -7.88. The van der Waals surface area contributed by atoms with E-state index in [0.29, 0.717) is 0 Å². The molecule has 276 valence electrons. The van der Waals surface area contributed by atoms with Gasteiger partial charge in [-0.1, -0.05) is 164 Å². The van der Waals surface area contributed by atoms with Gasteiger partial charge in [0.25, 0.3) is 0 Å². The van der Waals surface area contributed by atoms with Crippen LogP contribution in [0, 0.1) is 0 Å². The molecule has 0 fully saturated rings. The zero-order valence-electron chi connectivity index (χ0n) is 32.2. The van der Waals surface area contributed by atoms with E-state index in [2.05, 4.69) is 223 Å². The lowest BCUT2D eigenvalue weighted by Crippen LogP contribution is -1.94. The third-order valence-electron chi connectivity index (χ3n) is 11.4. The summed E-state index contributed by atoms with van der Waals surface area (Å²) in [6.45, 7) is 0. The molecule has 3 heteroatoms. The summed E-state index contributed by atoms with van der Waals surface area (Å²) >= 11 is 0. The number of pyridine rings is 2. The average molecular weight is 752 g/mol. The van der Waals surface area contributed by atoms with Crippen molar-refractivity contribution in [2.75, 3.05) is 0 Å². The first kappa shape index (κ1) is 34.4. The Labute approximate surface area is 343 Å². The van der Waals surface area contributed by atoms with Crippen molar-refractivity contribution in [1.29, 1.82) is 0 Å². The van der Waals surface area contributed by atoms with E-state index in [4.69, 9.17) is 9.97 Å². The lowest BCUT2D eigenvalue weighted by atomic mass is 9.89. The van der Waals surface area contributed by atoms with Gasteiger partial charge in [-0.05, 0) is 110 Å². The lowest BCUT2D eigenvalue weighted by Gasteiger charge is -2.16. The minimum absolute atomic E-state index is 0.915. The van der Waals surface area contributed by atoms with Gasteiger partial charge in [0, 0.05) is 28.5 Å². The molecule has 3 aromatic heterocycles. The predicted octanol–water partition coefficient (Wildman–Crippen LogP) is 14.7. The molecule has 11 aromatic rings. The SMILES string of the molecule is c1ccc(-c2cc(-c3ccccc3)nc(-c3cc(-c4cccc(-c5c(-c6ccccc6)nc6ccccn56)c4)cc(-c4cc5ccccc5c5ccccc45)c3)c2)cc1. The van der Waals surface area contributed by atoms with Gasteiger partial charge in [0.15, 0.2) is 0 Å².